The summed E-state index contributed by atoms with van der Waals surface area (Å²) in [5, 5.41) is 0. The molecule has 2 aromatic rings. The Kier molecular flexibility index (Phi) is 4.49. The number of aryl methyl sites for hydroxylation is 1. The zero-order valence-corrected chi connectivity index (χ0v) is 13.3. The highest BCUT2D eigenvalue weighted by molar-refractivity contribution is 7.90. The van der Waals surface area contributed by atoms with Crippen LogP contribution in [0.4, 0.5) is 0 Å². The molecule has 0 radical (unpaired) electrons. The van der Waals surface area contributed by atoms with Gasteiger partial charge >= 0.3 is 0 Å². The molecule has 0 saturated carbocycles. The zero-order valence-electron chi connectivity index (χ0n) is 11.7. The van der Waals surface area contributed by atoms with E-state index in [-0.39, 0.29) is 22.8 Å². The molecule has 0 N–H and O–H groups in total. The molecule has 2 rings (SSSR count). The van der Waals surface area contributed by atoms with Crippen LogP contribution in [0.25, 0.3) is 5.65 Å². The molecule has 0 amide bonds. The van der Waals surface area contributed by atoms with Crippen molar-refractivity contribution in [3.8, 4) is 0 Å². The lowest BCUT2D eigenvalue weighted by molar-refractivity contribution is 0.596. The average Bonchev–Trinajstić information content (AvgIpc) is 2.39. The molecule has 2 aromatic heterocycles. The van der Waals surface area contributed by atoms with Gasteiger partial charge in [-0.05, 0) is 31.1 Å². The van der Waals surface area contributed by atoms with Gasteiger partial charge in [-0.3, -0.25) is 9.20 Å². The number of aromatic nitrogens is 2. The van der Waals surface area contributed by atoms with Gasteiger partial charge in [0.1, 0.15) is 5.65 Å². The second-order valence-electron chi connectivity index (χ2n) is 4.96. The summed E-state index contributed by atoms with van der Waals surface area (Å²) in [7, 11) is -3.41. The molecule has 21 heavy (non-hydrogen) atoms. The van der Waals surface area contributed by atoms with Crippen LogP contribution in [-0.2, 0) is 15.6 Å². The monoisotopic (exact) mass is 326 g/mol. The minimum absolute atomic E-state index is 0.147. The molecule has 0 bridgehead atoms. The molecule has 0 saturated heterocycles. The van der Waals surface area contributed by atoms with Crippen molar-refractivity contribution in [1.82, 2.24) is 9.38 Å². The van der Waals surface area contributed by atoms with E-state index in [9.17, 15) is 13.2 Å². The summed E-state index contributed by atoms with van der Waals surface area (Å²) in [5.41, 5.74) is 3.02. The summed E-state index contributed by atoms with van der Waals surface area (Å²) in [6.07, 6.45) is 1.61. The van der Waals surface area contributed by atoms with E-state index < -0.39 is 9.84 Å². The third kappa shape index (κ3) is 3.71. The third-order valence-electron chi connectivity index (χ3n) is 2.94. The van der Waals surface area contributed by atoms with Crippen LogP contribution in [0.2, 0.25) is 0 Å². The van der Waals surface area contributed by atoms with Gasteiger partial charge in [-0.25, -0.2) is 13.4 Å². The molecule has 112 valence electrons. The highest BCUT2D eigenvalue weighted by atomic mass is 35.5. The Morgan fingerprint density at radius 2 is 2.19 bits per heavy atom. The lowest BCUT2D eigenvalue weighted by atomic mass is 10.3. The topological polar surface area (TPSA) is 68.5 Å². The Morgan fingerprint density at radius 3 is 2.86 bits per heavy atom. The standard InChI is InChI=1S/C14H15ClN2O3S/c1-10(7-15)8-21(19,20)9-12-6-13(18)17-5-3-4-11(2)14(17)16-12/h3-7H,8-9H2,1-2H3/b10-7+. The molecular formula is C14H15ClN2O3S. The molecule has 5 nitrogen and oxygen atoms in total. The maximum absolute atomic E-state index is 12.1. The van der Waals surface area contributed by atoms with E-state index in [1.54, 1.807) is 19.2 Å². The van der Waals surface area contributed by atoms with E-state index >= 15 is 0 Å². The van der Waals surface area contributed by atoms with Gasteiger partial charge < -0.3 is 0 Å². The fourth-order valence-electron chi connectivity index (χ4n) is 2.04. The van der Waals surface area contributed by atoms with Crippen LogP contribution in [0.15, 0.2) is 40.3 Å². The highest BCUT2D eigenvalue weighted by Crippen LogP contribution is 2.10. The first-order valence-corrected chi connectivity index (χ1v) is 8.52. The van der Waals surface area contributed by atoms with Crippen molar-refractivity contribution in [3.05, 3.63) is 57.1 Å². The molecule has 0 aliphatic heterocycles. The van der Waals surface area contributed by atoms with Gasteiger partial charge in [-0.1, -0.05) is 17.7 Å². The summed E-state index contributed by atoms with van der Waals surface area (Å²) in [6, 6.07) is 4.82. The summed E-state index contributed by atoms with van der Waals surface area (Å²) < 4.78 is 25.5. The molecule has 0 aliphatic rings. The Balaban J connectivity index is 2.45. The second kappa shape index (κ2) is 5.99. The fraction of sp³-hybridized carbons (Fsp3) is 0.286. The highest BCUT2D eigenvalue weighted by Gasteiger charge is 2.15. The van der Waals surface area contributed by atoms with Gasteiger partial charge in [0.25, 0.3) is 5.56 Å². The van der Waals surface area contributed by atoms with Crippen molar-refractivity contribution in [2.24, 2.45) is 0 Å². The van der Waals surface area contributed by atoms with Gasteiger partial charge in [-0.15, -0.1) is 0 Å². The van der Waals surface area contributed by atoms with Crippen LogP contribution in [0, 0.1) is 6.92 Å². The Bertz CT molecular complexity index is 869. The summed E-state index contributed by atoms with van der Waals surface area (Å²) >= 11 is 5.49. The van der Waals surface area contributed by atoms with E-state index in [4.69, 9.17) is 11.6 Å². The van der Waals surface area contributed by atoms with Crippen LogP contribution in [-0.4, -0.2) is 23.6 Å². The predicted molar refractivity (Wildman–Crippen MR) is 83.3 cm³/mol. The molecule has 0 aromatic carbocycles. The minimum Gasteiger partial charge on any atom is -0.269 e. The minimum atomic E-state index is -3.41. The SMILES string of the molecule is C/C(=C\Cl)CS(=O)(=O)Cc1cc(=O)n2cccc(C)c2n1. The van der Waals surface area contributed by atoms with Crippen molar-refractivity contribution in [2.45, 2.75) is 19.6 Å². The molecule has 0 atom stereocenters. The molecule has 2 heterocycles. The smallest absolute Gasteiger partial charge is 0.258 e. The van der Waals surface area contributed by atoms with E-state index in [2.05, 4.69) is 4.98 Å². The quantitative estimate of drug-likeness (QED) is 0.862. The van der Waals surface area contributed by atoms with Gasteiger partial charge in [0, 0.05) is 17.8 Å². The molecule has 0 spiro atoms. The first kappa shape index (κ1) is 15.7. The predicted octanol–water partition coefficient (Wildman–Crippen LogP) is 2.06. The molecule has 7 heteroatoms. The van der Waals surface area contributed by atoms with Gasteiger partial charge in [-0.2, -0.15) is 0 Å². The van der Waals surface area contributed by atoms with Crippen molar-refractivity contribution < 1.29 is 8.42 Å². The summed E-state index contributed by atoms with van der Waals surface area (Å²) in [4.78, 5) is 16.3. The molecule has 0 unspecified atom stereocenters. The normalized spacial score (nSPS) is 12.8. The largest absolute Gasteiger partial charge is 0.269 e. The average molecular weight is 327 g/mol. The number of nitrogens with zero attached hydrogens (tertiary/aromatic N) is 2. The Labute approximate surface area is 127 Å². The number of fused-ring (bicyclic) bond motifs is 1. The van der Waals surface area contributed by atoms with Crippen LogP contribution in [0.3, 0.4) is 0 Å². The zero-order chi connectivity index (χ0) is 15.6. The molecular weight excluding hydrogens is 312 g/mol. The Morgan fingerprint density at radius 1 is 1.48 bits per heavy atom. The van der Waals surface area contributed by atoms with Crippen LogP contribution in [0.5, 0.6) is 0 Å². The van der Waals surface area contributed by atoms with Crippen molar-refractivity contribution in [2.75, 3.05) is 5.75 Å². The van der Waals surface area contributed by atoms with E-state index in [0.717, 1.165) is 5.56 Å². The van der Waals surface area contributed by atoms with Gasteiger partial charge in [0.15, 0.2) is 9.84 Å². The van der Waals surface area contributed by atoms with Crippen molar-refractivity contribution >= 4 is 27.1 Å². The van der Waals surface area contributed by atoms with Crippen LogP contribution >= 0.6 is 11.6 Å². The fourth-order valence-corrected chi connectivity index (χ4v) is 3.68. The van der Waals surface area contributed by atoms with Crippen molar-refractivity contribution in [3.63, 3.8) is 0 Å². The van der Waals surface area contributed by atoms with Gasteiger partial charge in [0.05, 0.1) is 17.2 Å². The number of hydrogen-bond acceptors (Lipinski definition) is 4. The lowest BCUT2D eigenvalue weighted by Gasteiger charge is -2.07. The van der Waals surface area contributed by atoms with Gasteiger partial charge in [0.2, 0.25) is 0 Å². The van der Waals surface area contributed by atoms with E-state index in [1.165, 1.54) is 16.0 Å². The molecule has 0 fully saturated rings. The number of rotatable bonds is 4. The first-order chi connectivity index (χ1) is 9.82. The number of sulfone groups is 1. The maximum Gasteiger partial charge on any atom is 0.258 e. The Hall–Kier alpha value is -1.66. The second-order valence-corrected chi connectivity index (χ2v) is 7.24. The van der Waals surface area contributed by atoms with Crippen molar-refractivity contribution in [1.29, 1.82) is 0 Å². The third-order valence-corrected chi connectivity index (χ3v) is 4.94. The summed E-state index contributed by atoms with van der Waals surface area (Å²) in [5.74, 6) is -0.430. The lowest BCUT2D eigenvalue weighted by Crippen LogP contribution is -2.19. The summed E-state index contributed by atoms with van der Waals surface area (Å²) in [6.45, 7) is 3.46. The maximum atomic E-state index is 12.1. The van der Waals surface area contributed by atoms with E-state index in [0.29, 0.717) is 11.2 Å². The number of halogens is 1. The van der Waals surface area contributed by atoms with Crippen LogP contribution < -0.4 is 5.56 Å². The van der Waals surface area contributed by atoms with Crippen LogP contribution in [0.1, 0.15) is 18.2 Å². The molecule has 0 aliphatic carbocycles. The number of pyridine rings is 1. The first-order valence-electron chi connectivity index (χ1n) is 6.26. The number of hydrogen-bond donors (Lipinski definition) is 0. The van der Waals surface area contributed by atoms with E-state index in [1.807, 2.05) is 13.0 Å².